The van der Waals surface area contributed by atoms with Gasteiger partial charge in [0.25, 0.3) is 0 Å². The number of hydrogen-bond acceptors (Lipinski definition) is 36. The zero-order chi connectivity index (χ0) is 64.6. The number of ether oxygens (including phenoxy) is 12. The van der Waals surface area contributed by atoms with E-state index in [0.29, 0.717) is 0 Å². The van der Waals surface area contributed by atoms with E-state index >= 15 is 0 Å². The molecule has 0 bridgehead atoms. The molecule has 6 aliphatic heterocycles. The van der Waals surface area contributed by atoms with Crippen molar-refractivity contribution in [1.29, 1.82) is 0 Å². The Hall–Kier alpha value is -2.91. The van der Waals surface area contributed by atoms with E-state index in [1.165, 1.54) is 0 Å². The van der Waals surface area contributed by atoms with Crippen LogP contribution in [0, 0.1) is 0 Å². The number of hydrogen-bond donors (Lipinski definition) is 24. The van der Waals surface area contributed by atoms with E-state index in [4.69, 9.17) is 56.8 Å². The monoisotopic (exact) mass is 1280 g/mol. The van der Waals surface area contributed by atoms with Crippen LogP contribution in [0.15, 0.2) is 0 Å². The first-order valence-electron chi connectivity index (χ1n) is 27.5. The van der Waals surface area contributed by atoms with Crippen LogP contribution in [0.3, 0.4) is 0 Å². The highest BCUT2D eigenvalue weighted by Crippen LogP contribution is 2.37. The van der Waals surface area contributed by atoms with Gasteiger partial charge in [-0.2, -0.15) is 0 Å². The fourth-order valence-electron chi connectivity index (χ4n) is 10.6. The SMILES string of the molecule is CC(=O)N[C@H]1[C@H](O[C@@H]([C@H](O)[C@H](CO)NC(C)=O)[C@H](O)CO)O[C@H](CO)[C@@H](O[C@@H]2O[C@H](CO[C@H]3O[C@H](CO[C@H]4O[C@H](CO)[C@@H](O)[C@H](O)[C@@H]4O)[C@@H](O)[C@H](O)[C@@H]3O)[C@@H](O)[C@H](O[C@H]3O[C@H](CO)[C@@H](O)[C@H](O)[C@@H]3O[C@@H]3O[C@H](CO)[C@@H](O)[C@H](O)[C@H]3NC(C)=O)[C@@H]2O)[C@@H]1O. The Morgan fingerprint density at radius 2 is 0.805 bits per heavy atom. The number of amides is 3. The van der Waals surface area contributed by atoms with Crippen LogP contribution < -0.4 is 16.0 Å². The number of aliphatic hydroxyl groups is 21. The highest BCUT2D eigenvalue weighted by atomic mass is 16.8. The topological polar surface area (TPSA) is 623 Å². The maximum Gasteiger partial charge on any atom is 0.217 e. The molecule has 0 radical (unpaired) electrons. The average molecular weight is 1280 g/mol. The van der Waals surface area contributed by atoms with Crippen molar-refractivity contribution < 1.29 is 178 Å². The third-order valence-electron chi connectivity index (χ3n) is 15.4. The van der Waals surface area contributed by atoms with Crippen molar-refractivity contribution in [3.05, 3.63) is 0 Å². The third-order valence-corrected chi connectivity index (χ3v) is 15.4. The van der Waals surface area contributed by atoms with E-state index in [1.54, 1.807) is 0 Å². The van der Waals surface area contributed by atoms with Gasteiger partial charge < -0.3 is 180 Å². The Balaban J connectivity index is 1.34. The summed E-state index contributed by atoms with van der Waals surface area (Å²) in [5.41, 5.74) is 0. The van der Waals surface area contributed by atoms with Gasteiger partial charge in [0.15, 0.2) is 37.7 Å². The molecule has 6 fully saturated rings. The summed E-state index contributed by atoms with van der Waals surface area (Å²) in [5.74, 6) is -2.52. The first-order chi connectivity index (χ1) is 41.1. The molecule has 34 atom stereocenters. The normalized spacial score (nSPS) is 45.1. The van der Waals surface area contributed by atoms with Gasteiger partial charge in [-0.25, -0.2) is 0 Å². The molecule has 506 valence electrons. The van der Waals surface area contributed by atoms with Crippen LogP contribution in [0.5, 0.6) is 0 Å². The van der Waals surface area contributed by atoms with Crippen molar-refractivity contribution in [2.45, 2.75) is 229 Å². The van der Waals surface area contributed by atoms with Crippen molar-refractivity contribution in [3.8, 4) is 0 Å². The first kappa shape index (κ1) is 73.1. The van der Waals surface area contributed by atoms with E-state index in [0.717, 1.165) is 20.8 Å². The van der Waals surface area contributed by atoms with Crippen molar-refractivity contribution >= 4 is 17.7 Å². The second-order valence-corrected chi connectivity index (χ2v) is 21.6. The van der Waals surface area contributed by atoms with Crippen LogP contribution >= 0.6 is 0 Å². The molecule has 87 heavy (non-hydrogen) atoms. The molecule has 0 unspecified atom stereocenters. The number of nitrogens with one attached hydrogen (secondary N) is 3. The Kier molecular flexibility index (Phi) is 27.4. The second-order valence-electron chi connectivity index (χ2n) is 21.6. The predicted molar refractivity (Wildman–Crippen MR) is 269 cm³/mol. The summed E-state index contributed by atoms with van der Waals surface area (Å²) in [6, 6.07) is -5.19. The van der Waals surface area contributed by atoms with Crippen LogP contribution in [0.1, 0.15) is 20.8 Å². The number of carbonyl (C=O) groups excluding carboxylic acids is 3. The van der Waals surface area contributed by atoms with Gasteiger partial charge in [-0.3, -0.25) is 14.4 Å². The minimum absolute atomic E-state index is 0.771. The van der Waals surface area contributed by atoms with E-state index in [1.807, 2.05) is 0 Å². The summed E-state index contributed by atoms with van der Waals surface area (Å²) >= 11 is 0. The second kappa shape index (κ2) is 32.6. The van der Waals surface area contributed by atoms with Gasteiger partial charge in [0.1, 0.15) is 165 Å². The van der Waals surface area contributed by atoms with Gasteiger partial charge in [-0.05, 0) is 0 Å². The third kappa shape index (κ3) is 17.0. The Morgan fingerprint density at radius 1 is 0.391 bits per heavy atom. The van der Waals surface area contributed by atoms with E-state index in [9.17, 15) is 122 Å². The first-order valence-corrected chi connectivity index (χ1v) is 27.5. The van der Waals surface area contributed by atoms with Crippen LogP contribution in [-0.4, -0.2) is 386 Å². The average Bonchev–Trinajstić information content (AvgIpc) is 1.10. The number of carbonyl (C=O) groups is 3. The zero-order valence-electron chi connectivity index (χ0n) is 46.8. The van der Waals surface area contributed by atoms with Crippen molar-refractivity contribution in [1.82, 2.24) is 16.0 Å². The number of aliphatic hydroxyl groups excluding tert-OH is 21. The highest BCUT2D eigenvalue weighted by molar-refractivity contribution is 5.74. The van der Waals surface area contributed by atoms with Gasteiger partial charge in [0, 0.05) is 20.8 Å². The molecule has 39 nitrogen and oxygen atoms in total. The molecule has 0 aromatic rings. The van der Waals surface area contributed by atoms with Crippen LogP contribution in [0.4, 0.5) is 0 Å². The van der Waals surface area contributed by atoms with Crippen LogP contribution in [-0.2, 0) is 71.2 Å². The summed E-state index contributed by atoms with van der Waals surface area (Å²) < 4.78 is 69.5. The number of rotatable bonds is 26. The van der Waals surface area contributed by atoms with Gasteiger partial charge >= 0.3 is 0 Å². The fourth-order valence-corrected chi connectivity index (χ4v) is 10.6. The van der Waals surface area contributed by atoms with Gasteiger partial charge in [-0.1, -0.05) is 0 Å². The Labute approximate surface area is 493 Å². The smallest absolute Gasteiger partial charge is 0.217 e. The molecular formula is C48H83N3O36. The molecule has 0 aromatic carbocycles. The molecule has 24 N–H and O–H groups in total. The molecule has 6 rings (SSSR count). The molecule has 6 saturated heterocycles. The molecular weight excluding hydrogens is 1190 g/mol. The fraction of sp³-hybridized carbons (Fsp3) is 0.938. The van der Waals surface area contributed by atoms with Crippen molar-refractivity contribution in [3.63, 3.8) is 0 Å². The lowest BCUT2D eigenvalue weighted by Crippen LogP contribution is -2.70. The van der Waals surface area contributed by atoms with Gasteiger partial charge in [0.05, 0.1) is 58.9 Å². The van der Waals surface area contributed by atoms with Crippen LogP contribution in [0.2, 0.25) is 0 Å². The van der Waals surface area contributed by atoms with Gasteiger partial charge in [0.2, 0.25) is 17.7 Å². The molecule has 0 saturated carbocycles. The maximum absolute atomic E-state index is 12.7. The predicted octanol–water partition coefficient (Wildman–Crippen LogP) is -16.2. The quantitative estimate of drug-likeness (QED) is 0.0382. The summed E-state index contributed by atoms with van der Waals surface area (Å²) in [7, 11) is 0. The molecule has 0 aliphatic carbocycles. The largest absolute Gasteiger partial charge is 0.394 e. The lowest BCUT2D eigenvalue weighted by Gasteiger charge is -2.50. The van der Waals surface area contributed by atoms with E-state index < -0.39 is 279 Å². The minimum atomic E-state index is -2.44. The molecule has 6 aliphatic rings. The molecule has 39 heteroatoms. The van der Waals surface area contributed by atoms with E-state index in [-0.39, 0.29) is 0 Å². The zero-order valence-corrected chi connectivity index (χ0v) is 46.8. The van der Waals surface area contributed by atoms with Crippen molar-refractivity contribution in [2.24, 2.45) is 0 Å². The molecule has 0 aromatic heterocycles. The lowest BCUT2D eigenvalue weighted by atomic mass is 9.94. The summed E-state index contributed by atoms with van der Waals surface area (Å²) in [4.78, 5) is 36.9. The maximum atomic E-state index is 12.7. The highest BCUT2D eigenvalue weighted by Gasteiger charge is 2.58. The molecule has 0 spiro atoms. The van der Waals surface area contributed by atoms with E-state index in [2.05, 4.69) is 16.0 Å². The molecule has 6 heterocycles. The molecule has 3 amide bonds. The Bertz CT molecular complexity index is 2140. The summed E-state index contributed by atoms with van der Waals surface area (Å²) in [5, 5.41) is 234. The lowest BCUT2D eigenvalue weighted by molar-refractivity contribution is -0.394. The standard InChI is InChI=1S/C48H83N3O36/c1-12(58)49-15(4-52)25(62)39(16(61)5-53)84-44-24(51-14(3)60)32(69)40(20(9-57)81-44)85-47-38(75)41(86-48-42(35(72)28(65)19(8-56)80-48)87-43-23(50-13(2)59)31(68)26(63)17(6-54)78-43)30(67)22(83-47)11-77-46-37(74)34(71)29(66)21(82-46)10-76-45-36(73)33(70)27(64)18(7-55)79-45/h15-48,52-57,61-75H,4-11H2,1-3H3,(H,49,58)(H,50,59)(H,51,60)/t15-,16+,17+,18+,19+,20+,21+,22+,23+,24+,25+,26+,27+,28+,29+,30+,31+,32+,33-,34-,35-,36-,37-,38-,39+,40+,41-,42-,43-,44-,45-,46-,47-,48+/m0/s1. The summed E-state index contributed by atoms with van der Waals surface area (Å²) in [6.45, 7) is -5.08. The minimum Gasteiger partial charge on any atom is -0.394 e. The van der Waals surface area contributed by atoms with Crippen LogP contribution in [0.25, 0.3) is 0 Å². The van der Waals surface area contributed by atoms with Crippen molar-refractivity contribution in [2.75, 3.05) is 52.9 Å². The Morgan fingerprint density at radius 3 is 1.30 bits per heavy atom. The van der Waals surface area contributed by atoms with Gasteiger partial charge in [-0.15, -0.1) is 0 Å². The summed E-state index contributed by atoms with van der Waals surface area (Å²) in [6.07, 6.45) is -62.5.